The van der Waals surface area contributed by atoms with Gasteiger partial charge in [0.1, 0.15) is 5.69 Å². The molecule has 0 aliphatic carbocycles. The number of aryl methyl sites for hydroxylation is 1. The molecule has 3 aromatic rings. The number of hydrogen-bond acceptors (Lipinski definition) is 8. The third kappa shape index (κ3) is 4.45. The molecular formula is C21H23ClN4O6. The first-order chi connectivity index (χ1) is 15.3. The molecule has 0 atom stereocenters. The van der Waals surface area contributed by atoms with Crippen LogP contribution in [0.1, 0.15) is 19.8 Å². The van der Waals surface area contributed by atoms with Gasteiger partial charge in [-0.25, -0.2) is 14.8 Å². The molecule has 32 heavy (non-hydrogen) atoms. The van der Waals surface area contributed by atoms with Crippen molar-refractivity contribution in [3.05, 3.63) is 44.2 Å². The Morgan fingerprint density at radius 1 is 1.12 bits per heavy atom. The molecule has 11 heteroatoms. The molecule has 0 aliphatic heterocycles. The van der Waals surface area contributed by atoms with Crippen molar-refractivity contribution < 1.29 is 19.0 Å². The molecule has 0 saturated carbocycles. The number of halogens is 1. The van der Waals surface area contributed by atoms with Crippen molar-refractivity contribution >= 4 is 28.7 Å². The number of rotatable bonds is 8. The average Bonchev–Trinajstić information content (AvgIpc) is 2.79. The van der Waals surface area contributed by atoms with Crippen LogP contribution >= 0.6 is 11.6 Å². The van der Waals surface area contributed by atoms with Gasteiger partial charge in [-0.1, -0.05) is 11.6 Å². The quantitative estimate of drug-likeness (QED) is 0.468. The van der Waals surface area contributed by atoms with Crippen LogP contribution in [-0.2, 0) is 23.1 Å². The SMILES string of the molecule is CCOC(=O)CCCn1c(=O)c2nc(-c3ccc(OC)c(OC)c3)c(Cl)nc2n(C)c1=O. The van der Waals surface area contributed by atoms with E-state index in [1.807, 2.05) is 0 Å². The minimum absolute atomic E-state index is 0.0163. The van der Waals surface area contributed by atoms with Gasteiger partial charge < -0.3 is 14.2 Å². The summed E-state index contributed by atoms with van der Waals surface area (Å²) in [5, 5.41) is 0.0270. The van der Waals surface area contributed by atoms with E-state index in [1.165, 1.54) is 25.8 Å². The molecule has 2 heterocycles. The van der Waals surface area contributed by atoms with Crippen molar-refractivity contribution in [1.82, 2.24) is 19.1 Å². The molecule has 0 fully saturated rings. The second-order valence-electron chi connectivity index (χ2n) is 6.81. The van der Waals surface area contributed by atoms with E-state index < -0.39 is 11.2 Å². The van der Waals surface area contributed by atoms with Gasteiger partial charge in [0.25, 0.3) is 5.56 Å². The zero-order valence-corrected chi connectivity index (χ0v) is 18.9. The minimum atomic E-state index is -0.613. The Labute approximate surface area is 188 Å². The highest BCUT2D eigenvalue weighted by Crippen LogP contribution is 2.34. The number of ether oxygens (including phenoxy) is 3. The van der Waals surface area contributed by atoms with Crippen LogP contribution in [0.5, 0.6) is 11.5 Å². The predicted octanol–water partition coefficient (Wildman–Crippen LogP) is 2.17. The summed E-state index contributed by atoms with van der Waals surface area (Å²) in [6.07, 6.45) is 0.355. The number of esters is 1. The summed E-state index contributed by atoms with van der Waals surface area (Å²) in [5.74, 6) is 0.591. The van der Waals surface area contributed by atoms with Crippen LogP contribution in [0.25, 0.3) is 22.4 Å². The Balaban J connectivity index is 2.09. The molecule has 0 bridgehead atoms. The second-order valence-corrected chi connectivity index (χ2v) is 7.17. The Morgan fingerprint density at radius 2 is 1.84 bits per heavy atom. The maximum atomic E-state index is 13.1. The van der Waals surface area contributed by atoms with Gasteiger partial charge >= 0.3 is 11.7 Å². The molecule has 0 saturated heterocycles. The lowest BCUT2D eigenvalue weighted by molar-refractivity contribution is -0.143. The zero-order chi connectivity index (χ0) is 23.4. The molecule has 0 amide bonds. The first-order valence-electron chi connectivity index (χ1n) is 9.87. The molecule has 10 nitrogen and oxygen atoms in total. The monoisotopic (exact) mass is 462 g/mol. The van der Waals surface area contributed by atoms with Gasteiger partial charge in [-0.15, -0.1) is 0 Å². The van der Waals surface area contributed by atoms with Crippen molar-refractivity contribution in [2.45, 2.75) is 26.3 Å². The summed E-state index contributed by atoms with van der Waals surface area (Å²) < 4.78 is 17.7. The number of carbonyl (C=O) groups is 1. The fraction of sp³-hybridized carbons (Fsp3) is 0.381. The number of methoxy groups -OCH3 is 2. The highest BCUT2D eigenvalue weighted by Gasteiger charge is 2.19. The Morgan fingerprint density at radius 3 is 2.50 bits per heavy atom. The van der Waals surface area contributed by atoms with Crippen LogP contribution in [0.3, 0.4) is 0 Å². The van der Waals surface area contributed by atoms with Crippen LogP contribution in [-0.4, -0.2) is 45.9 Å². The van der Waals surface area contributed by atoms with Gasteiger partial charge in [0.05, 0.1) is 20.8 Å². The van der Waals surface area contributed by atoms with Gasteiger partial charge in [0.15, 0.2) is 27.8 Å². The van der Waals surface area contributed by atoms with E-state index in [1.54, 1.807) is 25.1 Å². The standard InChI is InChI=1S/C21H23ClN4O6/c1-5-32-15(27)7-6-10-26-20(28)17-19(25(2)21(26)29)24-18(22)16(23-17)12-8-9-13(30-3)14(11-12)31-4/h8-9,11H,5-7,10H2,1-4H3. The fourth-order valence-corrected chi connectivity index (χ4v) is 3.48. The molecule has 0 spiro atoms. The maximum absolute atomic E-state index is 13.1. The van der Waals surface area contributed by atoms with E-state index in [0.717, 1.165) is 4.57 Å². The molecule has 0 N–H and O–H groups in total. The van der Waals surface area contributed by atoms with E-state index in [0.29, 0.717) is 17.1 Å². The van der Waals surface area contributed by atoms with E-state index in [-0.39, 0.29) is 54.0 Å². The van der Waals surface area contributed by atoms with Crippen LogP contribution in [0.2, 0.25) is 5.15 Å². The van der Waals surface area contributed by atoms with Gasteiger partial charge in [-0.3, -0.25) is 18.7 Å². The van der Waals surface area contributed by atoms with E-state index in [9.17, 15) is 14.4 Å². The predicted molar refractivity (Wildman–Crippen MR) is 118 cm³/mol. The first-order valence-corrected chi connectivity index (χ1v) is 10.2. The lowest BCUT2D eigenvalue weighted by atomic mass is 10.1. The fourth-order valence-electron chi connectivity index (χ4n) is 3.25. The molecule has 0 aliphatic rings. The number of carbonyl (C=O) groups excluding carboxylic acids is 1. The summed E-state index contributed by atoms with van der Waals surface area (Å²) in [5.41, 5.74) is -0.320. The van der Waals surface area contributed by atoms with E-state index >= 15 is 0 Å². The zero-order valence-electron chi connectivity index (χ0n) is 18.2. The summed E-state index contributed by atoms with van der Waals surface area (Å²) in [4.78, 5) is 46.0. The van der Waals surface area contributed by atoms with Gasteiger partial charge in [0.2, 0.25) is 0 Å². The third-order valence-electron chi connectivity index (χ3n) is 4.84. The Bertz CT molecular complexity index is 1280. The lowest BCUT2D eigenvalue weighted by Crippen LogP contribution is -2.40. The van der Waals surface area contributed by atoms with E-state index in [2.05, 4.69) is 9.97 Å². The molecule has 0 unspecified atom stereocenters. The van der Waals surface area contributed by atoms with Gasteiger partial charge in [0, 0.05) is 25.6 Å². The summed E-state index contributed by atoms with van der Waals surface area (Å²) in [6, 6.07) is 5.06. The summed E-state index contributed by atoms with van der Waals surface area (Å²) >= 11 is 6.35. The van der Waals surface area contributed by atoms with Crippen molar-refractivity contribution in [2.24, 2.45) is 7.05 Å². The van der Waals surface area contributed by atoms with Crippen molar-refractivity contribution in [2.75, 3.05) is 20.8 Å². The number of aromatic nitrogens is 4. The van der Waals surface area contributed by atoms with Crippen molar-refractivity contribution in [3.63, 3.8) is 0 Å². The second kappa shape index (κ2) is 9.82. The highest BCUT2D eigenvalue weighted by molar-refractivity contribution is 6.32. The van der Waals surface area contributed by atoms with Crippen LogP contribution in [0.15, 0.2) is 27.8 Å². The number of benzene rings is 1. The number of fused-ring (bicyclic) bond motifs is 1. The smallest absolute Gasteiger partial charge is 0.332 e. The largest absolute Gasteiger partial charge is 0.493 e. The Kier molecular flexibility index (Phi) is 7.14. The molecule has 2 aromatic heterocycles. The average molecular weight is 463 g/mol. The topological polar surface area (TPSA) is 115 Å². The summed E-state index contributed by atoms with van der Waals surface area (Å²) in [7, 11) is 4.50. The lowest BCUT2D eigenvalue weighted by Gasteiger charge is -2.13. The first kappa shape index (κ1) is 23.3. The normalized spacial score (nSPS) is 10.9. The Hall–Kier alpha value is -3.40. The van der Waals surface area contributed by atoms with Crippen LogP contribution in [0.4, 0.5) is 0 Å². The highest BCUT2D eigenvalue weighted by atomic mass is 35.5. The van der Waals surface area contributed by atoms with Gasteiger partial charge in [-0.2, -0.15) is 0 Å². The number of nitrogens with zero attached hydrogens (tertiary/aromatic N) is 4. The van der Waals surface area contributed by atoms with Crippen molar-refractivity contribution in [1.29, 1.82) is 0 Å². The van der Waals surface area contributed by atoms with Crippen LogP contribution < -0.4 is 20.7 Å². The number of hydrogen-bond donors (Lipinski definition) is 0. The maximum Gasteiger partial charge on any atom is 0.332 e. The molecule has 0 radical (unpaired) electrons. The minimum Gasteiger partial charge on any atom is -0.493 e. The molecule has 3 rings (SSSR count). The van der Waals surface area contributed by atoms with Crippen LogP contribution in [0, 0.1) is 0 Å². The third-order valence-corrected chi connectivity index (χ3v) is 5.11. The molecule has 1 aromatic carbocycles. The molecular weight excluding hydrogens is 440 g/mol. The molecule has 170 valence electrons. The van der Waals surface area contributed by atoms with Gasteiger partial charge in [-0.05, 0) is 31.5 Å². The van der Waals surface area contributed by atoms with Crippen molar-refractivity contribution in [3.8, 4) is 22.8 Å². The summed E-state index contributed by atoms with van der Waals surface area (Å²) in [6.45, 7) is 2.02. The van der Waals surface area contributed by atoms with E-state index in [4.69, 9.17) is 25.8 Å².